The Hall–Kier alpha value is -3.44. The van der Waals surface area contributed by atoms with Gasteiger partial charge in [-0.25, -0.2) is 4.79 Å². The zero-order valence-electron chi connectivity index (χ0n) is 22.8. The Bertz CT molecular complexity index is 1150. The number of carbonyl (C=O) groups excluding carboxylic acids is 3. The van der Waals surface area contributed by atoms with Gasteiger partial charge in [0.25, 0.3) is 0 Å². The van der Waals surface area contributed by atoms with Crippen molar-refractivity contribution >= 4 is 34.6 Å². The van der Waals surface area contributed by atoms with Gasteiger partial charge in [-0.05, 0) is 62.6 Å². The molecule has 2 aromatic rings. The number of nitrogens with two attached hydrogens (primary N) is 2. The molecule has 39 heavy (non-hydrogen) atoms. The number of aromatic nitrogens is 1. The van der Waals surface area contributed by atoms with E-state index in [0.29, 0.717) is 51.6 Å². The molecule has 5 unspecified atom stereocenters. The SMILES string of the molecule is CCC(C)C(NC(=O)C(CCCCN)NC(=O)C(N)Cc1c[nH]c2ccccc12)C(=O)N1CCCC1C(=O)O. The van der Waals surface area contributed by atoms with Crippen LogP contribution >= 0.6 is 0 Å². The van der Waals surface area contributed by atoms with Gasteiger partial charge in [0.2, 0.25) is 17.7 Å². The van der Waals surface area contributed by atoms with E-state index < -0.39 is 47.9 Å². The number of carbonyl (C=O) groups is 4. The van der Waals surface area contributed by atoms with Crippen molar-refractivity contribution < 1.29 is 24.3 Å². The van der Waals surface area contributed by atoms with E-state index in [1.54, 1.807) is 0 Å². The standard InChI is InChI=1S/C28H42N6O5/c1-3-17(2)24(27(37)34-14-8-12-23(34)28(38)39)33-26(36)22(11-6-7-13-29)32-25(35)20(30)15-18-16-31-21-10-5-4-9-19(18)21/h4-5,9-10,16-17,20,22-24,31H,3,6-8,11-15,29-30H2,1-2H3,(H,32,35)(H,33,36)(H,38,39). The van der Waals surface area contributed by atoms with Crippen LogP contribution < -0.4 is 22.1 Å². The van der Waals surface area contributed by atoms with Crippen molar-refractivity contribution in [3.63, 3.8) is 0 Å². The van der Waals surface area contributed by atoms with Crippen LogP contribution in [-0.4, -0.2) is 75.9 Å². The number of nitrogens with zero attached hydrogens (tertiary/aromatic N) is 1. The first kappa shape index (κ1) is 30.1. The Morgan fingerprint density at radius 2 is 1.90 bits per heavy atom. The summed E-state index contributed by atoms with van der Waals surface area (Å²) >= 11 is 0. The van der Waals surface area contributed by atoms with Gasteiger partial charge >= 0.3 is 5.97 Å². The van der Waals surface area contributed by atoms with Crippen LogP contribution in [0.25, 0.3) is 10.9 Å². The zero-order chi connectivity index (χ0) is 28.5. The van der Waals surface area contributed by atoms with Crippen molar-refractivity contribution in [3.8, 4) is 0 Å². The molecule has 0 saturated carbocycles. The third kappa shape index (κ3) is 7.57. The molecule has 0 spiro atoms. The predicted molar refractivity (Wildman–Crippen MR) is 149 cm³/mol. The lowest BCUT2D eigenvalue weighted by molar-refractivity contribution is -0.150. The fourth-order valence-corrected chi connectivity index (χ4v) is 5.07. The number of aliphatic carboxylic acids is 1. The molecular weight excluding hydrogens is 500 g/mol. The second-order valence-electron chi connectivity index (χ2n) is 10.4. The average Bonchev–Trinajstić information content (AvgIpc) is 3.58. The van der Waals surface area contributed by atoms with Crippen molar-refractivity contribution in [2.45, 2.75) is 83.0 Å². The van der Waals surface area contributed by atoms with Gasteiger partial charge in [-0.2, -0.15) is 0 Å². The van der Waals surface area contributed by atoms with Crippen LogP contribution in [0.3, 0.4) is 0 Å². The van der Waals surface area contributed by atoms with Gasteiger partial charge in [0.1, 0.15) is 18.1 Å². The number of rotatable bonds is 14. The van der Waals surface area contributed by atoms with E-state index in [0.717, 1.165) is 16.5 Å². The maximum Gasteiger partial charge on any atom is 0.326 e. The molecule has 3 rings (SSSR count). The summed E-state index contributed by atoms with van der Waals surface area (Å²) in [5, 5.41) is 16.1. The van der Waals surface area contributed by atoms with E-state index in [9.17, 15) is 24.3 Å². The fraction of sp³-hybridized carbons (Fsp3) is 0.571. The minimum atomic E-state index is -1.05. The summed E-state index contributed by atoms with van der Waals surface area (Å²) in [6.45, 7) is 4.52. The number of hydrogen-bond donors (Lipinski definition) is 6. The van der Waals surface area contributed by atoms with Crippen molar-refractivity contribution in [2.75, 3.05) is 13.1 Å². The fourth-order valence-electron chi connectivity index (χ4n) is 5.07. The number of para-hydroxylation sites is 1. The third-order valence-electron chi connectivity index (χ3n) is 7.63. The highest BCUT2D eigenvalue weighted by molar-refractivity contribution is 5.94. The van der Waals surface area contributed by atoms with E-state index in [2.05, 4.69) is 15.6 Å². The van der Waals surface area contributed by atoms with Crippen LogP contribution in [0.4, 0.5) is 0 Å². The van der Waals surface area contributed by atoms with E-state index in [-0.39, 0.29) is 12.3 Å². The summed E-state index contributed by atoms with van der Waals surface area (Å²) in [5.41, 5.74) is 13.7. The molecule has 11 heteroatoms. The van der Waals surface area contributed by atoms with Crippen molar-refractivity contribution in [1.29, 1.82) is 0 Å². The van der Waals surface area contributed by atoms with Crippen LogP contribution in [0.1, 0.15) is 57.9 Å². The molecule has 1 fully saturated rings. The number of aromatic amines is 1. The number of H-pyrrole nitrogens is 1. The lowest BCUT2D eigenvalue weighted by Crippen LogP contribution is -2.58. The van der Waals surface area contributed by atoms with Gasteiger partial charge in [0, 0.05) is 23.6 Å². The second-order valence-corrected chi connectivity index (χ2v) is 10.4. The van der Waals surface area contributed by atoms with Crippen LogP contribution in [0, 0.1) is 5.92 Å². The molecule has 0 bridgehead atoms. The molecule has 1 aromatic heterocycles. The topological polar surface area (TPSA) is 184 Å². The van der Waals surface area contributed by atoms with Crippen LogP contribution in [0.5, 0.6) is 0 Å². The largest absolute Gasteiger partial charge is 0.480 e. The van der Waals surface area contributed by atoms with Gasteiger partial charge in [-0.3, -0.25) is 14.4 Å². The van der Waals surface area contributed by atoms with Crippen LogP contribution in [0.2, 0.25) is 0 Å². The first-order valence-corrected chi connectivity index (χ1v) is 13.8. The van der Waals surface area contributed by atoms with E-state index >= 15 is 0 Å². The van der Waals surface area contributed by atoms with E-state index in [4.69, 9.17) is 11.5 Å². The van der Waals surface area contributed by atoms with E-state index in [1.165, 1.54) is 4.90 Å². The highest BCUT2D eigenvalue weighted by Gasteiger charge is 2.40. The van der Waals surface area contributed by atoms with Crippen molar-refractivity contribution in [1.82, 2.24) is 20.5 Å². The molecule has 1 aliphatic heterocycles. The number of likely N-dealkylation sites (tertiary alicyclic amines) is 1. The number of hydrogen-bond acceptors (Lipinski definition) is 6. The van der Waals surface area contributed by atoms with Gasteiger partial charge in [0.15, 0.2) is 0 Å². The molecule has 1 aliphatic rings. The number of carboxylic acid groups (broad SMARTS) is 1. The van der Waals surface area contributed by atoms with Gasteiger partial charge < -0.3 is 37.1 Å². The first-order chi connectivity index (χ1) is 18.7. The lowest BCUT2D eigenvalue weighted by atomic mass is 9.96. The minimum absolute atomic E-state index is 0.235. The van der Waals surface area contributed by atoms with E-state index in [1.807, 2.05) is 44.3 Å². The Morgan fingerprint density at radius 3 is 2.59 bits per heavy atom. The molecule has 1 saturated heterocycles. The quantitative estimate of drug-likeness (QED) is 0.194. The molecule has 11 nitrogen and oxygen atoms in total. The molecule has 0 aliphatic carbocycles. The molecular formula is C28H42N6O5. The van der Waals surface area contributed by atoms with Crippen molar-refractivity contribution in [3.05, 3.63) is 36.0 Å². The Morgan fingerprint density at radius 1 is 1.15 bits per heavy atom. The number of benzene rings is 1. The maximum atomic E-state index is 13.5. The van der Waals surface area contributed by atoms with Gasteiger partial charge in [0.05, 0.1) is 6.04 Å². The summed E-state index contributed by atoms with van der Waals surface area (Å²) in [7, 11) is 0. The van der Waals surface area contributed by atoms with Crippen molar-refractivity contribution in [2.24, 2.45) is 17.4 Å². The lowest BCUT2D eigenvalue weighted by Gasteiger charge is -2.31. The number of unbranched alkanes of at least 4 members (excludes halogenated alkanes) is 1. The van der Waals surface area contributed by atoms with Crippen LogP contribution in [-0.2, 0) is 25.6 Å². The first-order valence-electron chi connectivity index (χ1n) is 13.8. The summed E-state index contributed by atoms with van der Waals surface area (Å²) in [6.07, 6.45) is 5.29. The molecule has 0 radical (unpaired) electrons. The highest BCUT2D eigenvalue weighted by atomic mass is 16.4. The molecule has 8 N–H and O–H groups in total. The Balaban J connectivity index is 1.72. The number of nitrogens with one attached hydrogen (secondary N) is 3. The maximum absolute atomic E-state index is 13.5. The van der Waals surface area contributed by atoms with Crippen LogP contribution in [0.15, 0.2) is 30.5 Å². The zero-order valence-corrected chi connectivity index (χ0v) is 22.8. The molecule has 5 atom stereocenters. The third-order valence-corrected chi connectivity index (χ3v) is 7.63. The molecule has 1 aromatic carbocycles. The molecule has 2 heterocycles. The molecule has 3 amide bonds. The number of amides is 3. The molecule has 214 valence electrons. The highest BCUT2D eigenvalue weighted by Crippen LogP contribution is 2.22. The number of carboxylic acids is 1. The average molecular weight is 543 g/mol. The monoisotopic (exact) mass is 542 g/mol. The normalized spacial score (nSPS) is 18.4. The number of fused-ring (bicyclic) bond motifs is 1. The summed E-state index contributed by atoms with van der Waals surface area (Å²) in [6, 6.07) is 4.13. The second kappa shape index (κ2) is 14.1. The predicted octanol–water partition coefficient (Wildman–Crippen LogP) is 1.26. The summed E-state index contributed by atoms with van der Waals surface area (Å²) in [4.78, 5) is 56.2. The van der Waals surface area contributed by atoms with Gasteiger partial charge in [-0.15, -0.1) is 0 Å². The minimum Gasteiger partial charge on any atom is -0.480 e. The van der Waals surface area contributed by atoms with Gasteiger partial charge in [-0.1, -0.05) is 38.5 Å². The summed E-state index contributed by atoms with van der Waals surface area (Å²) < 4.78 is 0. The Kier molecular flexibility index (Phi) is 10.9. The smallest absolute Gasteiger partial charge is 0.326 e. The Labute approximate surface area is 229 Å². The summed E-state index contributed by atoms with van der Waals surface area (Å²) in [5.74, 6) is -2.66.